The summed E-state index contributed by atoms with van der Waals surface area (Å²) < 4.78 is 0. The number of nitrogens with one attached hydrogen (secondary N) is 1. The number of amides is 1. The molecule has 3 unspecified atom stereocenters. The molecule has 0 rings (SSSR count). The molecule has 0 saturated heterocycles. The highest BCUT2D eigenvalue weighted by atomic mass is 16.3. The fourth-order valence-electron chi connectivity index (χ4n) is 10.1. The Hall–Kier alpha value is -0.910. The first kappa shape index (κ1) is 66.1. The molecule has 67 heavy (non-hydrogen) atoms. The van der Waals surface area contributed by atoms with Crippen molar-refractivity contribution in [1.82, 2.24) is 5.32 Å². The molecule has 3 atom stereocenters. The molecule has 0 heterocycles. The Bertz CT molecular complexity index is 956. The van der Waals surface area contributed by atoms with Crippen molar-refractivity contribution >= 4 is 5.91 Å². The minimum absolute atomic E-state index is 0.0409. The van der Waals surface area contributed by atoms with Gasteiger partial charge in [-0.15, -0.1) is 0 Å². The van der Waals surface area contributed by atoms with Crippen LogP contribution in [0.1, 0.15) is 354 Å². The summed E-state index contributed by atoms with van der Waals surface area (Å²) in [5, 5.41) is 33.7. The van der Waals surface area contributed by atoms with Gasteiger partial charge in [-0.2, -0.15) is 0 Å². The van der Waals surface area contributed by atoms with Crippen LogP contribution in [0.15, 0.2) is 12.2 Å². The first-order valence-corrected chi connectivity index (χ1v) is 31.0. The molecule has 0 aliphatic carbocycles. The summed E-state index contributed by atoms with van der Waals surface area (Å²) in [6, 6.07) is -0.657. The van der Waals surface area contributed by atoms with Gasteiger partial charge in [0.25, 0.3) is 0 Å². The van der Waals surface area contributed by atoms with Crippen LogP contribution in [0.3, 0.4) is 0 Å². The molecular weight excluding hydrogens is 823 g/mol. The Morgan fingerprint density at radius 2 is 0.597 bits per heavy atom. The van der Waals surface area contributed by atoms with Gasteiger partial charge in [-0.1, -0.05) is 321 Å². The van der Waals surface area contributed by atoms with Crippen molar-refractivity contribution in [2.45, 2.75) is 372 Å². The van der Waals surface area contributed by atoms with E-state index in [4.69, 9.17) is 0 Å². The average molecular weight is 947 g/mol. The van der Waals surface area contributed by atoms with Gasteiger partial charge in [0.15, 0.2) is 0 Å². The minimum atomic E-state index is -0.748. The maximum atomic E-state index is 12.6. The Labute approximate surface area is 420 Å². The van der Waals surface area contributed by atoms with Gasteiger partial charge in [0.05, 0.1) is 31.3 Å². The van der Waals surface area contributed by atoms with Crippen LogP contribution < -0.4 is 5.32 Å². The maximum absolute atomic E-state index is 12.6. The van der Waals surface area contributed by atoms with Gasteiger partial charge in [0, 0.05) is 0 Å². The summed E-state index contributed by atoms with van der Waals surface area (Å²) in [6.45, 7) is 4.31. The van der Waals surface area contributed by atoms with E-state index in [-0.39, 0.29) is 18.9 Å². The van der Waals surface area contributed by atoms with Crippen LogP contribution >= 0.6 is 0 Å². The van der Waals surface area contributed by atoms with E-state index in [0.717, 1.165) is 25.7 Å². The minimum Gasteiger partial charge on any atom is -0.394 e. The lowest BCUT2D eigenvalue weighted by Crippen LogP contribution is -2.46. The molecule has 0 bridgehead atoms. The summed E-state index contributed by atoms with van der Waals surface area (Å²) in [6.07, 6.45) is 72.5. The van der Waals surface area contributed by atoms with E-state index >= 15 is 0 Å². The monoisotopic (exact) mass is 946 g/mol. The van der Waals surface area contributed by atoms with Crippen LogP contribution in [-0.2, 0) is 4.79 Å². The molecule has 4 N–H and O–H groups in total. The molecule has 5 heteroatoms. The van der Waals surface area contributed by atoms with Crippen LogP contribution in [0.2, 0.25) is 0 Å². The van der Waals surface area contributed by atoms with Crippen LogP contribution in [0.5, 0.6) is 0 Å². The molecule has 0 fully saturated rings. The van der Waals surface area contributed by atoms with Gasteiger partial charge >= 0.3 is 0 Å². The number of unbranched alkanes of at least 4 members (excludes halogenated alkanes) is 47. The predicted molar refractivity (Wildman–Crippen MR) is 296 cm³/mol. The van der Waals surface area contributed by atoms with E-state index in [1.165, 1.54) is 295 Å². The number of carbonyl (C=O) groups is 1. The van der Waals surface area contributed by atoms with Gasteiger partial charge in [0.1, 0.15) is 0 Å². The highest BCUT2D eigenvalue weighted by Crippen LogP contribution is 2.19. The second kappa shape index (κ2) is 57.7. The van der Waals surface area contributed by atoms with Gasteiger partial charge in [0.2, 0.25) is 5.91 Å². The smallest absolute Gasteiger partial charge is 0.222 e. The maximum Gasteiger partial charge on any atom is 0.222 e. The Morgan fingerprint density at radius 1 is 0.358 bits per heavy atom. The lowest BCUT2D eigenvalue weighted by atomic mass is 10.0. The number of carbonyl (C=O) groups excluding carboxylic acids is 1. The molecule has 0 radical (unpaired) electrons. The first-order valence-electron chi connectivity index (χ1n) is 31.0. The normalized spacial score (nSPS) is 13.2. The van der Waals surface area contributed by atoms with Crippen molar-refractivity contribution < 1.29 is 20.1 Å². The fourth-order valence-corrected chi connectivity index (χ4v) is 10.1. The second-order valence-electron chi connectivity index (χ2n) is 21.7. The third-order valence-corrected chi connectivity index (χ3v) is 14.8. The molecule has 0 aromatic carbocycles. The second-order valence-corrected chi connectivity index (χ2v) is 21.7. The average Bonchev–Trinajstić information content (AvgIpc) is 3.32. The van der Waals surface area contributed by atoms with E-state index in [1.807, 2.05) is 0 Å². The molecule has 0 aromatic heterocycles. The number of allylic oxidation sites excluding steroid dienone is 2. The van der Waals surface area contributed by atoms with Crippen molar-refractivity contribution in [1.29, 1.82) is 0 Å². The molecule has 5 nitrogen and oxygen atoms in total. The van der Waals surface area contributed by atoms with Gasteiger partial charge in [-0.05, 0) is 38.5 Å². The summed E-state index contributed by atoms with van der Waals surface area (Å²) in [7, 11) is 0. The Balaban J connectivity index is 3.48. The summed E-state index contributed by atoms with van der Waals surface area (Å²) in [4.78, 5) is 12.6. The van der Waals surface area contributed by atoms with Gasteiger partial charge < -0.3 is 20.6 Å². The quantitative estimate of drug-likeness (QED) is 0.0361. The van der Waals surface area contributed by atoms with Crippen molar-refractivity contribution in [2.24, 2.45) is 0 Å². The van der Waals surface area contributed by atoms with Crippen LogP contribution in [0.4, 0.5) is 0 Å². The highest BCUT2D eigenvalue weighted by Gasteiger charge is 2.21. The summed E-state index contributed by atoms with van der Waals surface area (Å²) >= 11 is 0. The first-order chi connectivity index (χ1) is 33.0. The SMILES string of the molecule is CCCCCCCCCCCCCC/C=C\CCCCCCCCCCCCCCCC(O)CC(=O)NC(CO)C(O)CCCCCCCCCCCCCCCCCCCCCCCCC. The highest BCUT2D eigenvalue weighted by molar-refractivity contribution is 5.76. The third-order valence-electron chi connectivity index (χ3n) is 14.8. The molecule has 0 aliphatic rings. The number of aliphatic hydroxyl groups is 3. The molecule has 0 aromatic rings. The molecule has 0 spiro atoms. The van der Waals surface area contributed by atoms with E-state index in [0.29, 0.717) is 12.8 Å². The Morgan fingerprint density at radius 3 is 0.866 bits per heavy atom. The number of rotatable bonds is 58. The zero-order valence-corrected chi connectivity index (χ0v) is 45.8. The van der Waals surface area contributed by atoms with Crippen LogP contribution in [-0.4, -0.2) is 46.1 Å². The number of hydrogen-bond acceptors (Lipinski definition) is 4. The van der Waals surface area contributed by atoms with Gasteiger partial charge in [-0.25, -0.2) is 0 Å². The topological polar surface area (TPSA) is 89.8 Å². The predicted octanol–water partition coefficient (Wildman–Crippen LogP) is 19.5. The molecule has 0 saturated carbocycles. The largest absolute Gasteiger partial charge is 0.394 e. The third kappa shape index (κ3) is 54.3. The molecule has 400 valence electrons. The van der Waals surface area contributed by atoms with Crippen molar-refractivity contribution in [2.75, 3.05) is 6.61 Å². The van der Waals surface area contributed by atoms with Crippen LogP contribution in [0, 0.1) is 0 Å². The summed E-state index contributed by atoms with van der Waals surface area (Å²) in [5.74, 6) is -0.275. The van der Waals surface area contributed by atoms with Crippen LogP contribution in [0.25, 0.3) is 0 Å². The van der Waals surface area contributed by atoms with E-state index in [1.54, 1.807) is 0 Å². The van der Waals surface area contributed by atoms with E-state index < -0.39 is 18.2 Å². The van der Waals surface area contributed by atoms with Crippen molar-refractivity contribution in [3.05, 3.63) is 12.2 Å². The lowest BCUT2D eigenvalue weighted by molar-refractivity contribution is -0.125. The fraction of sp³-hybridized carbons (Fsp3) is 0.952. The Kier molecular flexibility index (Phi) is 56.9. The standard InChI is InChI=1S/C62H123NO4/c1-3-5-7-9-11-13-15-17-19-21-23-25-27-28-29-30-31-32-34-35-37-39-41-43-45-47-49-51-53-55-59(65)57-62(67)63-60(58-64)61(66)56-54-52-50-48-46-44-42-40-38-36-33-26-24-22-20-18-16-14-12-10-8-6-4-2/h28-29,59-61,64-66H,3-27,30-58H2,1-2H3,(H,63,67)/b29-28-. The molecular formula is C62H123NO4. The van der Waals surface area contributed by atoms with Crippen molar-refractivity contribution in [3.8, 4) is 0 Å². The van der Waals surface area contributed by atoms with E-state index in [2.05, 4.69) is 31.3 Å². The lowest BCUT2D eigenvalue weighted by Gasteiger charge is -2.23. The molecule has 1 amide bonds. The zero-order chi connectivity index (χ0) is 48.6. The molecule has 0 aliphatic heterocycles. The zero-order valence-electron chi connectivity index (χ0n) is 45.8. The number of hydrogen-bond donors (Lipinski definition) is 4. The van der Waals surface area contributed by atoms with E-state index in [9.17, 15) is 20.1 Å². The van der Waals surface area contributed by atoms with Gasteiger partial charge in [-0.3, -0.25) is 4.79 Å². The number of aliphatic hydroxyl groups excluding tert-OH is 3. The van der Waals surface area contributed by atoms with Crippen molar-refractivity contribution in [3.63, 3.8) is 0 Å². The summed E-state index contributed by atoms with van der Waals surface area (Å²) in [5.41, 5.74) is 0.